The quantitative estimate of drug-likeness (QED) is 0.673. The van der Waals surface area contributed by atoms with Gasteiger partial charge in [-0.25, -0.2) is 0 Å². The summed E-state index contributed by atoms with van der Waals surface area (Å²) in [5.74, 6) is 0. The van der Waals surface area contributed by atoms with Crippen LogP contribution in [-0.4, -0.2) is 35.0 Å². The molecule has 0 saturated heterocycles. The van der Waals surface area contributed by atoms with Crippen LogP contribution in [0.2, 0.25) is 0 Å². The maximum Gasteiger partial charge on any atom is 0.119 e. The average Bonchev–Trinajstić information content (AvgIpc) is 2.59. The summed E-state index contributed by atoms with van der Waals surface area (Å²) in [6, 6.07) is 0.553. The minimum atomic E-state index is 0.505. The number of unbranched alkanes of at least 4 members (excludes halogenated alkanes) is 1. The summed E-state index contributed by atoms with van der Waals surface area (Å²) in [5.41, 5.74) is 0. The lowest BCUT2D eigenvalue weighted by Gasteiger charge is -2.33. The molecule has 1 atom stereocenters. The molecule has 0 bridgehead atoms. The molecule has 0 aliphatic carbocycles. The summed E-state index contributed by atoms with van der Waals surface area (Å²) in [6.45, 7) is 10.0. The highest BCUT2D eigenvalue weighted by Gasteiger charge is 2.27. The summed E-state index contributed by atoms with van der Waals surface area (Å²) in [7, 11) is 0. The van der Waals surface area contributed by atoms with Crippen molar-refractivity contribution in [2.45, 2.75) is 65.6 Å². The van der Waals surface area contributed by atoms with Gasteiger partial charge in [-0.05, 0) is 33.1 Å². The van der Waals surface area contributed by atoms with Crippen LogP contribution in [0, 0.1) is 0 Å². The molecule has 0 radical (unpaired) electrons. The molecular formula is C12H25N3. The summed E-state index contributed by atoms with van der Waals surface area (Å²) in [5, 5.41) is 6.74. The monoisotopic (exact) mass is 211 g/mol. The molecule has 3 nitrogen and oxygen atoms in total. The van der Waals surface area contributed by atoms with Gasteiger partial charge < -0.3 is 4.90 Å². The molecule has 0 aromatic rings. The fraction of sp³-hybridized carbons (Fsp3) is 0.917. The zero-order chi connectivity index (χ0) is 11.3. The fourth-order valence-corrected chi connectivity index (χ4v) is 2.03. The van der Waals surface area contributed by atoms with E-state index in [0.29, 0.717) is 12.2 Å². The van der Waals surface area contributed by atoms with E-state index in [4.69, 9.17) is 0 Å². The van der Waals surface area contributed by atoms with E-state index in [1.807, 2.05) is 6.34 Å². The molecular weight excluding hydrogens is 186 g/mol. The zero-order valence-electron chi connectivity index (χ0n) is 10.6. The van der Waals surface area contributed by atoms with Crippen LogP contribution in [0.3, 0.4) is 0 Å². The van der Waals surface area contributed by atoms with Crippen molar-refractivity contribution in [2.75, 3.05) is 6.54 Å². The lowest BCUT2D eigenvalue weighted by atomic mass is 10.1. The lowest BCUT2D eigenvalue weighted by molar-refractivity contribution is 0.102. The maximum atomic E-state index is 4.50. The van der Waals surface area contributed by atoms with Gasteiger partial charge in [0.2, 0.25) is 0 Å². The molecule has 0 N–H and O–H groups in total. The second kappa shape index (κ2) is 5.99. The predicted molar refractivity (Wildman–Crippen MR) is 65.8 cm³/mol. The zero-order valence-corrected chi connectivity index (χ0v) is 10.6. The Balaban J connectivity index is 2.55. The largest absolute Gasteiger partial charge is 0.337 e. The van der Waals surface area contributed by atoms with Crippen LogP contribution in [-0.2, 0) is 0 Å². The number of nitrogens with zero attached hydrogens (tertiary/aromatic N) is 3. The Morgan fingerprint density at radius 1 is 1.27 bits per heavy atom. The van der Waals surface area contributed by atoms with Crippen molar-refractivity contribution >= 4 is 6.34 Å². The molecule has 1 aliphatic rings. The van der Waals surface area contributed by atoms with E-state index in [9.17, 15) is 0 Å². The molecule has 0 fully saturated rings. The van der Waals surface area contributed by atoms with Crippen LogP contribution in [0.15, 0.2) is 5.10 Å². The van der Waals surface area contributed by atoms with Gasteiger partial charge in [0.15, 0.2) is 0 Å². The lowest BCUT2D eigenvalue weighted by Crippen LogP contribution is -2.43. The third kappa shape index (κ3) is 3.11. The van der Waals surface area contributed by atoms with Gasteiger partial charge in [0.05, 0.1) is 0 Å². The molecule has 0 aromatic heterocycles. The minimum absolute atomic E-state index is 0.505. The van der Waals surface area contributed by atoms with E-state index in [-0.39, 0.29) is 0 Å². The summed E-state index contributed by atoms with van der Waals surface area (Å²) in [4.78, 5) is 2.38. The van der Waals surface area contributed by atoms with Gasteiger partial charge in [-0.3, -0.25) is 5.01 Å². The molecule has 15 heavy (non-hydrogen) atoms. The highest BCUT2D eigenvalue weighted by atomic mass is 15.6. The van der Waals surface area contributed by atoms with Crippen LogP contribution in [0.25, 0.3) is 0 Å². The van der Waals surface area contributed by atoms with Crippen LogP contribution >= 0.6 is 0 Å². The summed E-state index contributed by atoms with van der Waals surface area (Å²) >= 11 is 0. The van der Waals surface area contributed by atoms with Crippen molar-refractivity contribution in [3.05, 3.63) is 0 Å². The van der Waals surface area contributed by atoms with Crippen molar-refractivity contribution in [3.63, 3.8) is 0 Å². The molecule has 0 amide bonds. The van der Waals surface area contributed by atoms with Crippen LogP contribution < -0.4 is 0 Å². The van der Waals surface area contributed by atoms with Gasteiger partial charge in [-0.15, -0.1) is 0 Å². The van der Waals surface area contributed by atoms with Crippen molar-refractivity contribution < 1.29 is 0 Å². The van der Waals surface area contributed by atoms with Crippen molar-refractivity contribution in [2.24, 2.45) is 5.10 Å². The van der Waals surface area contributed by atoms with Gasteiger partial charge in [0.25, 0.3) is 0 Å². The van der Waals surface area contributed by atoms with E-state index >= 15 is 0 Å². The van der Waals surface area contributed by atoms with Gasteiger partial charge in [-0.2, -0.15) is 5.10 Å². The third-order valence-corrected chi connectivity index (χ3v) is 2.89. The Kier molecular flexibility index (Phi) is 4.92. The Bertz CT molecular complexity index is 201. The Morgan fingerprint density at radius 3 is 2.53 bits per heavy atom. The molecule has 0 saturated carbocycles. The maximum absolute atomic E-state index is 4.50. The van der Waals surface area contributed by atoms with Crippen molar-refractivity contribution in [1.29, 1.82) is 0 Å². The smallest absolute Gasteiger partial charge is 0.119 e. The number of hydrazone groups is 1. The fourth-order valence-electron chi connectivity index (χ4n) is 2.03. The first-order valence-corrected chi connectivity index (χ1v) is 6.28. The van der Waals surface area contributed by atoms with Crippen LogP contribution in [0.5, 0.6) is 0 Å². The molecule has 1 rings (SSSR count). The first-order valence-electron chi connectivity index (χ1n) is 6.28. The van der Waals surface area contributed by atoms with E-state index in [1.54, 1.807) is 0 Å². The molecule has 3 heteroatoms. The molecule has 1 aliphatic heterocycles. The molecule has 1 heterocycles. The third-order valence-electron chi connectivity index (χ3n) is 2.89. The summed E-state index contributed by atoms with van der Waals surface area (Å²) in [6.07, 6.45) is 7.48. The second-order valence-corrected chi connectivity index (χ2v) is 4.56. The Hall–Kier alpha value is -0.730. The standard InChI is InChI=1S/C12H25N3/c1-5-7-8-12-14(11(3)4)10-13-15(12)9-6-2/h10-12H,5-9H2,1-4H3. The van der Waals surface area contributed by atoms with Crippen LogP contribution in [0.1, 0.15) is 53.4 Å². The van der Waals surface area contributed by atoms with Crippen molar-refractivity contribution in [1.82, 2.24) is 9.91 Å². The van der Waals surface area contributed by atoms with Gasteiger partial charge in [0.1, 0.15) is 12.5 Å². The van der Waals surface area contributed by atoms with Crippen molar-refractivity contribution in [3.8, 4) is 0 Å². The van der Waals surface area contributed by atoms with E-state index in [2.05, 4.69) is 42.7 Å². The summed E-state index contributed by atoms with van der Waals surface area (Å²) < 4.78 is 0. The highest BCUT2D eigenvalue weighted by Crippen LogP contribution is 2.20. The van der Waals surface area contributed by atoms with Gasteiger partial charge >= 0.3 is 0 Å². The van der Waals surface area contributed by atoms with E-state index in [0.717, 1.165) is 6.54 Å². The molecule has 88 valence electrons. The first kappa shape index (κ1) is 12.3. The topological polar surface area (TPSA) is 18.8 Å². The average molecular weight is 211 g/mol. The van der Waals surface area contributed by atoms with E-state index in [1.165, 1.54) is 25.7 Å². The molecule has 0 aromatic carbocycles. The Morgan fingerprint density at radius 2 is 2.00 bits per heavy atom. The second-order valence-electron chi connectivity index (χ2n) is 4.56. The predicted octanol–water partition coefficient (Wildman–Crippen LogP) is 2.88. The molecule has 0 spiro atoms. The minimum Gasteiger partial charge on any atom is -0.337 e. The van der Waals surface area contributed by atoms with E-state index < -0.39 is 0 Å². The van der Waals surface area contributed by atoms with Crippen LogP contribution in [0.4, 0.5) is 0 Å². The van der Waals surface area contributed by atoms with Gasteiger partial charge in [-0.1, -0.05) is 20.3 Å². The number of hydrogen-bond acceptors (Lipinski definition) is 3. The SMILES string of the molecule is CCCCC1N(CCC)N=CN1C(C)C. The Labute approximate surface area is 94.1 Å². The molecule has 1 unspecified atom stereocenters. The van der Waals surface area contributed by atoms with Gasteiger partial charge in [0, 0.05) is 12.6 Å². The first-order chi connectivity index (χ1) is 7.20. The normalized spacial score (nSPS) is 20.7. The highest BCUT2D eigenvalue weighted by molar-refractivity contribution is 5.57. The number of hydrogen-bond donors (Lipinski definition) is 0. The number of rotatable bonds is 6.